The van der Waals surface area contributed by atoms with E-state index >= 15 is 0 Å². The largest absolute Gasteiger partial charge is 0.489 e. The fraction of sp³-hybridized carbons (Fsp3) is 0.400. The van der Waals surface area contributed by atoms with E-state index in [4.69, 9.17) is 10.5 Å². The Morgan fingerprint density at radius 2 is 2.15 bits per heavy atom. The highest BCUT2D eigenvalue weighted by molar-refractivity contribution is 5.23. The summed E-state index contributed by atoms with van der Waals surface area (Å²) in [4.78, 5) is 0. The Hall–Kier alpha value is -1.09. The normalized spacial score (nSPS) is 12.5. The SMILES string of the molecule is CCC(N)COc1ccccc1F. The molecule has 1 aromatic carbocycles. The third-order valence-corrected chi connectivity index (χ3v) is 1.81. The van der Waals surface area contributed by atoms with Crippen LogP contribution in [0.3, 0.4) is 0 Å². The third kappa shape index (κ3) is 3.03. The van der Waals surface area contributed by atoms with Gasteiger partial charge in [0.05, 0.1) is 0 Å². The second-order valence-corrected chi connectivity index (χ2v) is 2.91. The van der Waals surface area contributed by atoms with Gasteiger partial charge in [-0.2, -0.15) is 0 Å². The quantitative estimate of drug-likeness (QED) is 0.774. The number of nitrogens with two attached hydrogens (primary N) is 1. The Kier molecular flexibility index (Phi) is 3.71. The highest BCUT2D eigenvalue weighted by atomic mass is 19.1. The fourth-order valence-electron chi connectivity index (χ4n) is 0.876. The summed E-state index contributed by atoms with van der Waals surface area (Å²) >= 11 is 0. The van der Waals surface area contributed by atoms with E-state index in [2.05, 4.69) is 0 Å². The van der Waals surface area contributed by atoms with E-state index in [-0.39, 0.29) is 17.6 Å². The van der Waals surface area contributed by atoms with Crippen molar-refractivity contribution < 1.29 is 9.13 Å². The molecule has 1 aromatic rings. The number of ether oxygens (including phenoxy) is 1. The molecule has 1 unspecified atom stereocenters. The molecule has 0 bridgehead atoms. The molecule has 0 fully saturated rings. The lowest BCUT2D eigenvalue weighted by Gasteiger charge is -2.11. The van der Waals surface area contributed by atoms with E-state index < -0.39 is 0 Å². The topological polar surface area (TPSA) is 35.2 Å². The van der Waals surface area contributed by atoms with Crippen molar-refractivity contribution in [3.05, 3.63) is 30.1 Å². The van der Waals surface area contributed by atoms with Gasteiger partial charge in [-0.25, -0.2) is 4.39 Å². The minimum absolute atomic E-state index is 0.0281. The molecule has 1 atom stereocenters. The summed E-state index contributed by atoms with van der Waals surface area (Å²) < 4.78 is 18.2. The van der Waals surface area contributed by atoms with Gasteiger partial charge in [0, 0.05) is 6.04 Å². The lowest BCUT2D eigenvalue weighted by molar-refractivity contribution is 0.273. The van der Waals surface area contributed by atoms with E-state index in [0.717, 1.165) is 6.42 Å². The summed E-state index contributed by atoms with van der Waals surface area (Å²) in [6.45, 7) is 2.33. The number of hydrogen-bond donors (Lipinski definition) is 1. The van der Waals surface area contributed by atoms with Crippen LogP contribution in [0.4, 0.5) is 4.39 Å². The Labute approximate surface area is 77.5 Å². The summed E-state index contributed by atoms with van der Waals surface area (Å²) in [5, 5.41) is 0. The second kappa shape index (κ2) is 4.82. The van der Waals surface area contributed by atoms with E-state index in [9.17, 15) is 4.39 Å². The van der Waals surface area contributed by atoms with Crippen molar-refractivity contribution in [2.24, 2.45) is 5.73 Å². The number of hydrogen-bond acceptors (Lipinski definition) is 2. The zero-order valence-corrected chi connectivity index (χ0v) is 7.66. The van der Waals surface area contributed by atoms with Crippen molar-refractivity contribution in [1.82, 2.24) is 0 Å². The van der Waals surface area contributed by atoms with Crippen LogP contribution in [0.25, 0.3) is 0 Å². The number of para-hydroxylation sites is 1. The molecule has 0 aliphatic rings. The van der Waals surface area contributed by atoms with E-state index in [1.807, 2.05) is 6.92 Å². The minimum Gasteiger partial charge on any atom is -0.489 e. The Bertz CT molecular complexity index is 265. The van der Waals surface area contributed by atoms with Gasteiger partial charge in [-0.05, 0) is 18.6 Å². The number of halogens is 1. The molecule has 0 radical (unpaired) electrons. The highest BCUT2D eigenvalue weighted by Gasteiger charge is 2.03. The van der Waals surface area contributed by atoms with Crippen molar-refractivity contribution in [3.8, 4) is 5.75 Å². The van der Waals surface area contributed by atoms with Crippen LogP contribution in [-0.4, -0.2) is 12.6 Å². The Balaban J connectivity index is 2.50. The molecule has 13 heavy (non-hydrogen) atoms. The molecule has 0 aliphatic heterocycles. The molecule has 0 aromatic heterocycles. The van der Waals surface area contributed by atoms with Crippen molar-refractivity contribution in [3.63, 3.8) is 0 Å². The average Bonchev–Trinajstić information content (AvgIpc) is 2.16. The lowest BCUT2D eigenvalue weighted by atomic mass is 10.2. The molecule has 0 aliphatic carbocycles. The van der Waals surface area contributed by atoms with Crippen LogP contribution >= 0.6 is 0 Å². The molecule has 0 heterocycles. The molecular weight excluding hydrogens is 169 g/mol. The zero-order chi connectivity index (χ0) is 9.68. The van der Waals surface area contributed by atoms with Crippen LogP contribution < -0.4 is 10.5 Å². The van der Waals surface area contributed by atoms with Crippen molar-refractivity contribution in [2.75, 3.05) is 6.61 Å². The monoisotopic (exact) mass is 183 g/mol. The molecule has 2 nitrogen and oxygen atoms in total. The summed E-state index contributed by atoms with van der Waals surface area (Å²) in [6.07, 6.45) is 0.828. The maximum atomic E-state index is 13.0. The van der Waals surface area contributed by atoms with Crippen LogP contribution in [0.5, 0.6) is 5.75 Å². The van der Waals surface area contributed by atoms with Gasteiger partial charge in [-0.1, -0.05) is 19.1 Å². The minimum atomic E-state index is -0.342. The van der Waals surface area contributed by atoms with Gasteiger partial charge >= 0.3 is 0 Å². The van der Waals surface area contributed by atoms with Crippen LogP contribution in [0.15, 0.2) is 24.3 Å². The molecule has 1 rings (SSSR count). The second-order valence-electron chi connectivity index (χ2n) is 2.91. The van der Waals surface area contributed by atoms with Gasteiger partial charge in [0.1, 0.15) is 6.61 Å². The van der Waals surface area contributed by atoms with Crippen molar-refractivity contribution in [1.29, 1.82) is 0 Å². The maximum Gasteiger partial charge on any atom is 0.165 e. The van der Waals surface area contributed by atoms with Crippen molar-refractivity contribution in [2.45, 2.75) is 19.4 Å². The summed E-state index contributed by atoms with van der Waals surface area (Å²) in [5.41, 5.74) is 5.62. The van der Waals surface area contributed by atoms with E-state index in [1.165, 1.54) is 6.07 Å². The molecule has 3 heteroatoms. The predicted octanol–water partition coefficient (Wildman–Crippen LogP) is 1.94. The van der Waals surface area contributed by atoms with Crippen LogP contribution in [0, 0.1) is 5.82 Å². The standard InChI is InChI=1S/C10H14FNO/c1-2-8(12)7-13-10-6-4-3-5-9(10)11/h3-6,8H,2,7,12H2,1H3. The molecular formula is C10H14FNO. The highest BCUT2D eigenvalue weighted by Crippen LogP contribution is 2.15. The maximum absolute atomic E-state index is 13.0. The van der Waals surface area contributed by atoms with Gasteiger partial charge < -0.3 is 10.5 Å². The van der Waals surface area contributed by atoms with Crippen LogP contribution in [0.2, 0.25) is 0 Å². The first kappa shape index (κ1) is 9.99. The Morgan fingerprint density at radius 1 is 1.46 bits per heavy atom. The molecule has 0 spiro atoms. The first-order chi connectivity index (χ1) is 6.24. The smallest absolute Gasteiger partial charge is 0.165 e. The Morgan fingerprint density at radius 3 is 2.77 bits per heavy atom. The van der Waals surface area contributed by atoms with Crippen LogP contribution in [0.1, 0.15) is 13.3 Å². The first-order valence-electron chi connectivity index (χ1n) is 4.37. The van der Waals surface area contributed by atoms with Gasteiger partial charge in [-0.3, -0.25) is 0 Å². The number of benzene rings is 1. The summed E-state index contributed by atoms with van der Waals surface area (Å²) in [5.74, 6) is -0.0720. The number of rotatable bonds is 4. The van der Waals surface area contributed by atoms with E-state index in [0.29, 0.717) is 6.61 Å². The molecule has 2 N–H and O–H groups in total. The van der Waals surface area contributed by atoms with Gasteiger partial charge in [0.2, 0.25) is 0 Å². The first-order valence-corrected chi connectivity index (χ1v) is 4.37. The predicted molar refractivity (Wildman–Crippen MR) is 50.2 cm³/mol. The molecule has 0 amide bonds. The van der Waals surface area contributed by atoms with Gasteiger partial charge in [-0.15, -0.1) is 0 Å². The third-order valence-electron chi connectivity index (χ3n) is 1.81. The van der Waals surface area contributed by atoms with Gasteiger partial charge in [0.25, 0.3) is 0 Å². The zero-order valence-electron chi connectivity index (χ0n) is 7.66. The average molecular weight is 183 g/mol. The van der Waals surface area contributed by atoms with Crippen LogP contribution in [-0.2, 0) is 0 Å². The van der Waals surface area contributed by atoms with Gasteiger partial charge in [0.15, 0.2) is 11.6 Å². The van der Waals surface area contributed by atoms with Crippen molar-refractivity contribution >= 4 is 0 Å². The molecule has 72 valence electrons. The van der Waals surface area contributed by atoms with E-state index in [1.54, 1.807) is 18.2 Å². The summed E-state index contributed by atoms with van der Waals surface area (Å²) in [7, 11) is 0. The lowest BCUT2D eigenvalue weighted by Crippen LogP contribution is -2.26. The molecule has 0 saturated carbocycles. The fourth-order valence-corrected chi connectivity index (χ4v) is 0.876. The summed E-state index contributed by atoms with van der Waals surface area (Å²) in [6, 6.07) is 6.29. The molecule has 0 saturated heterocycles.